The maximum Gasteiger partial charge on any atom is 0.254 e. The molecule has 0 unspecified atom stereocenters. The summed E-state index contributed by atoms with van der Waals surface area (Å²) in [6.07, 6.45) is 1.20. The van der Waals surface area contributed by atoms with Gasteiger partial charge in [-0.15, -0.1) is 0 Å². The van der Waals surface area contributed by atoms with E-state index in [0.29, 0.717) is 29.4 Å². The highest BCUT2D eigenvalue weighted by Gasteiger charge is 2.22. The Balaban J connectivity index is 1.57. The standard InChI is InChI=1S/C24H29N3O2/c1-19(2)10-11-26-12-14-27(15-13-26)24(28)20-8-5-9-23(16-20)29-18-22-7-4-3-6-21(22)17-25/h3-9,16,19H,10-15,18H2,1-2H3. The zero-order valence-electron chi connectivity index (χ0n) is 17.3. The lowest BCUT2D eigenvalue weighted by Gasteiger charge is -2.35. The predicted octanol–water partition coefficient (Wildman–Crippen LogP) is 3.94. The van der Waals surface area contributed by atoms with Crippen LogP contribution in [0.3, 0.4) is 0 Å². The smallest absolute Gasteiger partial charge is 0.254 e. The minimum atomic E-state index is 0.0522. The number of carbonyl (C=O) groups excluding carboxylic acids is 1. The van der Waals surface area contributed by atoms with E-state index in [2.05, 4.69) is 24.8 Å². The minimum Gasteiger partial charge on any atom is -0.489 e. The molecular formula is C24H29N3O2. The van der Waals surface area contributed by atoms with E-state index in [1.54, 1.807) is 12.1 Å². The first kappa shape index (κ1) is 20.9. The van der Waals surface area contributed by atoms with Gasteiger partial charge in [0.05, 0.1) is 11.6 Å². The van der Waals surface area contributed by atoms with Crippen molar-refractivity contribution in [2.45, 2.75) is 26.9 Å². The topological polar surface area (TPSA) is 56.6 Å². The van der Waals surface area contributed by atoms with E-state index >= 15 is 0 Å². The predicted molar refractivity (Wildman–Crippen MR) is 114 cm³/mol. The van der Waals surface area contributed by atoms with E-state index < -0.39 is 0 Å². The fourth-order valence-corrected chi connectivity index (χ4v) is 3.43. The number of nitrogens with zero attached hydrogens (tertiary/aromatic N) is 3. The molecule has 1 heterocycles. The number of ether oxygens (including phenoxy) is 1. The van der Waals surface area contributed by atoms with Crippen molar-refractivity contribution in [1.82, 2.24) is 9.80 Å². The van der Waals surface area contributed by atoms with Gasteiger partial charge >= 0.3 is 0 Å². The summed E-state index contributed by atoms with van der Waals surface area (Å²) in [5, 5.41) is 9.20. The lowest BCUT2D eigenvalue weighted by Crippen LogP contribution is -2.49. The number of nitriles is 1. The van der Waals surface area contributed by atoms with Gasteiger partial charge in [-0.1, -0.05) is 38.1 Å². The van der Waals surface area contributed by atoms with Crippen LogP contribution in [0.25, 0.3) is 0 Å². The van der Waals surface area contributed by atoms with Crippen molar-refractivity contribution in [3.63, 3.8) is 0 Å². The molecule has 2 aromatic carbocycles. The van der Waals surface area contributed by atoms with Crippen molar-refractivity contribution in [2.75, 3.05) is 32.7 Å². The second-order valence-corrected chi connectivity index (χ2v) is 7.90. The van der Waals surface area contributed by atoms with Gasteiger partial charge in [0.2, 0.25) is 0 Å². The largest absolute Gasteiger partial charge is 0.489 e. The molecule has 0 radical (unpaired) electrons. The van der Waals surface area contributed by atoms with Crippen molar-refractivity contribution in [3.05, 3.63) is 65.2 Å². The number of amides is 1. The van der Waals surface area contributed by atoms with Gasteiger partial charge in [-0.25, -0.2) is 0 Å². The molecule has 29 heavy (non-hydrogen) atoms. The van der Waals surface area contributed by atoms with Crippen LogP contribution in [0.5, 0.6) is 5.75 Å². The molecule has 3 rings (SSSR count). The van der Waals surface area contributed by atoms with E-state index in [9.17, 15) is 10.1 Å². The SMILES string of the molecule is CC(C)CCN1CCN(C(=O)c2cccc(OCc3ccccc3C#N)c2)CC1. The Morgan fingerprint density at radius 2 is 1.86 bits per heavy atom. The van der Waals surface area contributed by atoms with Gasteiger partial charge in [0, 0.05) is 37.3 Å². The van der Waals surface area contributed by atoms with Crippen molar-refractivity contribution in [3.8, 4) is 11.8 Å². The molecule has 5 heteroatoms. The van der Waals surface area contributed by atoms with E-state index in [4.69, 9.17) is 4.74 Å². The van der Waals surface area contributed by atoms with Crippen LogP contribution in [0.2, 0.25) is 0 Å². The Morgan fingerprint density at radius 1 is 1.10 bits per heavy atom. The fraction of sp³-hybridized carbons (Fsp3) is 0.417. The van der Waals surface area contributed by atoms with Gasteiger partial charge in [0.15, 0.2) is 0 Å². The molecule has 1 saturated heterocycles. The van der Waals surface area contributed by atoms with Gasteiger partial charge in [-0.3, -0.25) is 9.69 Å². The maximum atomic E-state index is 12.9. The van der Waals surface area contributed by atoms with Crippen LogP contribution in [0, 0.1) is 17.2 Å². The zero-order valence-corrected chi connectivity index (χ0v) is 17.3. The molecule has 1 aliphatic heterocycles. The summed E-state index contributed by atoms with van der Waals surface area (Å²) in [6.45, 7) is 9.28. The molecule has 0 bridgehead atoms. The molecule has 152 valence electrons. The van der Waals surface area contributed by atoms with Crippen LogP contribution in [-0.4, -0.2) is 48.4 Å². The minimum absolute atomic E-state index is 0.0522. The summed E-state index contributed by atoms with van der Waals surface area (Å²) < 4.78 is 5.85. The Bertz CT molecular complexity index is 864. The number of rotatable bonds is 7. The molecule has 0 N–H and O–H groups in total. The highest BCUT2D eigenvalue weighted by molar-refractivity contribution is 5.94. The van der Waals surface area contributed by atoms with Crippen molar-refractivity contribution >= 4 is 5.91 Å². The second kappa shape index (κ2) is 10.1. The first-order valence-corrected chi connectivity index (χ1v) is 10.3. The number of hydrogen-bond donors (Lipinski definition) is 0. The highest BCUT2D eigenvalue weighted by atomic mass is 16.5. The van der Waals surface area contributed by atoms with Gasteiger partial charge in [-0.2, -0.15) is 5.26 Å². The maximum absolute atomic E-state index is 12.9. The summed E-state index contributed by atoms with van der Waals surface area (Å²) in [6, 6.07) is 16.9. The first-order valence-electron chi connectivity index (χ1n) is 10.3. The third-order valence-electron chi connectivity index (χ3n) is 5.30. The molecule has 0 aliphatic carbocycles. The van der Waals surface area contributed by atoms with Crippen LogP contribution < -0.4 is 4.74 Å². The van der Waals surface area contributed by atoms with Crippen LogP contribution in [0.4, 0.5) is 0 Å². The van der Waals surface area contributed by atoms with Crippen LogP contribution in [-0.2, 0) is 6.61 Å². The summed E-state index contributed by atoms with van der Waals surface area (Å²) in [4.78, 5) is 17.3. The second-order valence-electron chi connectivity index (χ2n) is 7.90. The first-order chi connectivity index (χ1) is 14.1. The molecule has 1 amide bonds. The van der Waals surface area contributed by atoms with E-state index in [0.717, 1.165) is 38.3 Å². The average molecular weight is 392 g/mol. The van der Waals surface area contributed by atoms with Gasteiger partial charge in [0.25, 0.3) is 5.91 Å². The molecular weight excluding hydrogens is 362 g/mol. The number of carbonyl (C=O) groups is 1. The molecule has 1 fully saturated rings. The highest BCUT2D eigenvalue weighted by Crippen LogP contribution is 2.19. The van der Waals surface area contributed by atoms with Crippen molar-refractivity contribution in [2.24, 2.45) is 5.92 Å². The van der Waals surface area contributed by atoms with Crippen molar-refractivity contribution < 1.29 is 9.53 Å². The third kappa shape index (κ3) is 5.82. The Kier molecular flexibility index (Phi) is 7.26. The normalized spacial score (nSPS) is 14.6. The summed E-state index contributed by atoms with van der Waals surface area (Å²) in [7, 11) is 0. The number of benzene rings is 2. The number of piperazine rings is 1. The van der Waals surface area contributed by atoms with E-state index in [-0.39, 0.29) is 5.91 Å². The molecule has 0 saturated carbocycles. The molecule has 0 spiro atoms. The lowest BCUT2D eigenvalue weighted by atomic mass is 10.1. The fourth-order valence-electron chi connectivity index (χ4n) is 3.43. The summed E-state index contributed by atoms with van der Waals surface area (Å²) in [5.74, 6) is 1.40. The third-order valence-corrected chi connectivity index (χ3v) is 5.30. The Hall–Kier alpha value is -2.84. The van der Waals surface area contributed by atoms with Gasteiger partial charge < -0.3 is 9.64 Å². The molecule has 1 aliphatic rings. The van der Waals surface area contributed by atoms with Crippen LogP contribution in [0.15, 0.2) is 48.5 Å². The van der Waals surface area contributed by atoms with Crippen LogP contribution >= 0.6 is 0 Å². The summed E-state index contributed by atoms with van der Waals surface area (Å²) >= 11 is 0. The molecule has 0 aromatic heterocycles. The van der Waals surface area contributed by atoms with Crippen molar-refractivity contribution in [1.29, 1.82) is 5.26 Å². The quantitative estimate of drug-likeness (QED) is 0.717. The lowest BCUT2D eigenvalue weighted by molar-refractivity contribution is 0.0631. The Labute approximate surface area is 173 Å². The van der Waals surface area contributed by atoms with Gasteiger partial charge in [-0.05, 0) is 43.1 Å². The molecule has 2 aromatic rings. The monoisotopic (exact) mass is 391 g/mol. The molecule has 5 nitrogen and oxygen atoms in total. The zero-order chi connectivity index (χ0) is 20.6. The number of hydrogen-bond acceptors (Lipinski definition) is 4. The van der Waals surface area contributed by atoms with E-state index in [1.807, 2.05) is 41.3 Å². The average Bonchev–Trinajstić information content (AvgIpc) is 2.76. The van der Waals surface area contributed by atoms with E-state index in [1.165, 1.54) is 6.42 Å². The van der Waals surface area contributed by atoms with Gasteiger partial charge in [0.1, 0.15) is 12.4 Å². The van der Waals surface area contributed by atoms with Crippen LogP contribution in [0.1, 0.15) is 41.8 Å². The summed E-state index contributed by atoms with van der Waals surface area (Å²) in [5.41, 5.74) is 2.09. The Morgan fingerprint density at radius 3 is 2.59 bits per heavy atom. The molecule has 0 atom stereocenters.